The van der Waals surface area contributed by atoms with Gasteiger partial charge in [0.15, 0.2) is 0 Å². The molecule has 2 N–H and O–H groups in total. The topological polar surface area (TPSA) is 58.6 Å². The molecule has 0 saturated heterocycles. The van der Waals surface area contributed by atoms with Crippen LogP contribution in [0.15, 0.2) is 18.2 Å². The molecular weight excluding hydrogens is 237 g/mol. The Balaban J connectivity index is 2.47. The van der Waals surface area contributed by atoms with Crippen LogP contribution in [0.4, 0.5) is 10.1 Å². The molecule has 1 atom stereocenters. The number of hydrogen-bond acceptors (Lipinski definition) is 4. The van der Waals surface area contributed by atoms with E-state index in [-0.39, 0.29) is 25.4 Å². The molecule has 0 heterocycles. The van der Waals surface area contributed by atoms with Crippen LogP contribution in [0, 0.1) is 12.7 Å². The number of carbonyl (C=O) groups is 1. The van der Waals surface area contributed by atoms with E-state index in [1.54, 1.807) is 26.0 Å². The van der Waals surface area contributed by atoms with Crippen LogP contribution in [-0.4, -0.2) is 30.3 Å². The van der Waals surface area contributed by atoms with Crippen LogP contribution in [0.1, 0.15) is 18.9 Å². The Bertz CT molecular complexity index is 389. The number of anilines is 1. The monoisotopic (exact) mass is 255 g/mol. The maximum atomic E-state index is 13.4. The number of para-hydroxylation sites is 1. The maximum absolute atomic E-state index is 13.4. The summed E-state index contributed by atoms with van der Waals surface area (Å²) in [7, 11) is 0. The Morgan fingerprint density at radius 3 is 2.89 bits per heavy atom. The predicted octanol–water partition coefficient (Wildman–Crippen LogP) is 1.86. The van der Waals surface area contributed by atoms with Crippen molar-refractivity contribution in [3.63, 3.8) is 0 Å². The average molecular weight is 255 g/mol. The van der Waals surface area contributed by atoms with Crippen molar-refractivity contribution in [3.8, 4) is 0 Å². The van der Waals surface area contributed by atoms with Gasteiger partial charge in [0.1, 0.15) is 5.82 Å². The second-order valence-corrected chi connectivity index (χ2v) is 3.98. The zero-order chi connectivity index (χ0) is 13.5. The molecule has 1 rings (SSSR count). The Morgan fingerprint density at radius 2 is 2.28 bits per heavy atom. The van der Waals surface area contributed by atoms with Gasteiger partial charge in [-0.05, 0) is 25.5 Å². The molecule has 0 radical (unpaired) electrons. The molecular formula is C13H18FNO3. The van der Waals surface area contributed by atoms with Gasteiger partial charge in [-0.2, -0.15) is 0 Å². The summed E-state index contributed by atoms with van der Waals surface area (Å²) >= 11 is 0. The first-order valence-corrected chi connectivity index (χ1v) is 5.87. The standard InChI is InChI=1S/C13H18FNO3/c1-3-18-12(17)7-10(16)8-15-13-9(2)5-4-6-11(13)14/h4-6,10,15-16H,3,7-8H2,1-2H3. The van der Waals surface area contributed by atoms with Gasteiger partial charge in [0.25, 0.3) is 0 Å². The van der Waals surface area contributed by atoms with Crippen molar-refractivity contribution in [1.82, 2.24) is 0 Å². The van der Waals surface area contributed by atoms with Gasteiger partial charge in [-0.1, -0.05) is 12.1 Å². The number of benzene rings is 1. The quantitative estimate of drug-likeness (QED) is 0.762. The van der Waals surface area contributed by atoms with Crippen molar-refractivity contribution in [2.45, 2.75) is 26.4 Å². The van der Waals surface area contributed by atoms with Crippen molar-refractivity contribution in [2.24, 2.45) is 0 Å². The van der Waals surface area contributed by atoms with Crippen molar-refractivity contribution >= 4 is 11.7 Å². The first-order chi connectivity index (χ1) is 8.54. The highest BCUT2D eigenvalue weighted by Crippen LogP contribution is 2.18. The zero-order valence-corrected chi connectivity index (χ0v) is 10.6. The minimum Gasteiger partial charge on any atom is -0.466 e. The van der Waals surface area contributed by atoms with E-state index in [9.17, 15) is 14.3 Å². The summed E-state index contributed by atoms with van der Waals surface area (Å²) in [6.45, 7) is 3.85. The molecule has 0 saturated carbocycles. The van der Waals surface area contributed by atoms with E-state index < -0.39 is 12.1 Å². The van der Waals surface area contributed by atoms with E-state index >= 15 is 0 Å². The van der Waals surface area contributed by atoms with Gasteiger partial charge in [-0.25, -0.2) is 4.39 Å². The number of esters is 1. The largest absolute Gasteiger partial charge is 0.466 e. The van der Waals surface area contributed by atoms with E-state index in [1.807, 2.05) is 0 Å². The number of nitrogens with one attached hydrogen (secondary N) is 1. The summed E-state index contributed by atoms with van der Waals surface area (Å²) in [5, 5.41) is 12.4. The Kier molecular flexibility index (Phi) is 5.58. The molecule has 100 valence electrons. The number of halogens is 1. The third kappa shape index (κ3) is 4.33. The minimum atomic E-state index is -0.900. The number of aliphatic hydroxyl groups is 1. The van der Waals surface area contributed by atoms with Crippen molar-refractivity contribution in [3.05, 3.63) is 29.6 Å². The molecule has 0 aliphatic rings. The zero-order valence-electron chi connectivity index (χ0n) is 10.6. The fraction of sp³-hybridized carbons (Fsp3) is 0.462. The highest BCUT2D eigenvalue weighted by atomic mass is 19.1. The van der Waals surface area contributed by atoms with Gasteiger partial charge < -0.3 is 15.2 Å². The predicted molar refractivity (Wildman–Crippen MR) is 66.9 cm³/mol. The summed E-state index contributed by atoms with van der Waals surface area (Å²) in [5.41, 5.74) is 1.10. The van der Waals surface area contributed by atoms with Gasteiger partial charge in [0, 0.05) is 6.54 Å². The molecule has 0 aromatic heterocycles. The van der Waals surface area contributed by atoms with Crippen molar-refractivity contribution in [2.75, 3.05) is 18.5 Å². The molecule has 0 fully saturated rings. The summed E-state index contributed by atoms with van der Waals surface area (Å²) < 4.78 is 18.2. The summed E-state index contributed by atoms with van der Waals surface area (Å²) in [6.07, 6.45) is -1.00. The van der Waals surface area contributed by atoms with E-state index in [2.05, 4.69) is 5.32 Å². The number of aliphatic hydroxyl groups excluding tert-OH is 1. The molecule has 1 aromatic carbocycles. The first-order valence-electron chi connectivity index (χ1n) is 5.87. The molecule has 0 amide bonds. The third-order valence-corrected chi connectivity index (χ3v) is 2.44. The molecule has 0 aliphatic heterocycles. The molecule has 0 aliphatic carbocycles. The fourth-order valence-corrected chi connectivity index (χ4v) is 1.56. The van der Waals surface area contributed by atoms with Crippen LogP contribution in [0.25, 0.3) is 0 Å². The Labute approximate surface area is 106 Å². The molecule has 1 unspecified atom stereocenters. The van der Waals surface area contributed by atoms with Crippen molar-refractivity contribution < 1.29 is 19.0 Å². The molecule has 5 heteroatoms. The summed E-state index contributed by atoms with van der Waals surface area (Å²) in [6, 6.07) is 4.72. The van der Waals surface area contributed by atoms with Crippen molar-refractivity contribution in [1.29, 1.82) is 0 Å². The lowest BCUT2D eigenvalue weighted by Gasteiger charge is -2.14. The van der Waals surface area contributed by atoms with Crippen LogP contribution in [0.5, 0.6) is 0 Å². The second kappa shape index (κ2) is 6.96. The summed E-state index contributed by atoms with van der Waals surface area (Å²) in [4.78, 5) is 11.1. The van der Waals surface area contributed by atoms with Gasteiger partial charge in [-0.15, -0.1) is 0 Å². The van der Waals surface area contributed by atoms with E-state index in [4.69, 9.17) is 4.74 Å². The minimum absolute atomic E-state index is 0.0978. The van der Waals surface area contributed by atoms with E-state index in [0.29, 0.717) is 5.69 Å². The molecule has 1 aromatic rings. The van der Waals surface area contributed by atoms with Crippen LogP contribution in [-0.2, 0) is 9.53 Å². The highest BCUT2D eigenvalue weighted by Gasteiger charge is 2.13. The van der Waals surface area contributed by atoms with Gasteiger partial charge in [-0.3, -0.25) is 4.79 Å². The number of rotatable bonds is 6. The van der Waals surface area contributed by atoms with Gasteiger partial charge >= 0.3 is 5.97 Å². The van der Waals surface area contributed by atoms with Crippen LogP contribution in [0.2, 0.25) is 0 Å². The average Bonchev–Trinajstić information content (AvgIpc) is 2.28. The Hall–Kier alpha value is -1.62. The van der Waals surface area contributed by atoms with Gasteiger partial charge in [0.05, 0.1) is 24.8 Å². The lowest BCUT2D eigenvalue weighted by Crippen LogP contribution is -2.24. The normalized spacial score (nSPS) is 12.0. The number of hydrogen-bond donors (Lipinski definition) is 2. The van der Waals surface area contributed by atoms with Crippen LogP contribution in [0.3, 0.4) is 0 Å². The van der Waals surface area contributed by atoms with Crippen LogP contribution >= 0.6 is 0 Å². The molecule has 18 heavy (non-hydrogen) atoms. The maximum Gasteiger partial charge on any atom is 0.308 e. The highest BCUT2D eigenvalue weighted by molar-refractivity contribution is 5.70. The summed E-state index contributed by atoms with van der Waals surface area (Å²) in [5.74, 6) is -0.838. The molecule has 0 bridgehead atoms. The number of ether oxygens (including phenoxy) is 1. The number of aryl methyl sites for hydroxylation is 1. The SMILES string of the molecule is CCOC(=O)CC(O)CNc1c(C)cccc1F. The first kappa shape index (κ1) is 14.4. The second-order valence-electron chi connectivity index (χ2n) is 3.98. The van der Waals surface area contributed by atoms with E-state index in [1.165, 1.54) is 6.07 Å². The fourth-order valence-electron chi connectivity index (χ4n) is 1.56. The third-order valence-electron chi connectivity index (χ3n) is 2.44. The lowest BCUT2D eigenvalue weighted by atomic mass is 10.2. The Morgan fingerprint density at radius 1 is 1.56 bits per heavy atom. The molecule has 0 spiro atoms. The smallest absolute Gasteiger partial charge is 0.308 e. The van der Waals surface area contributed by atoms with Crippen LogP contribution < -0.4 is 5.32 Å². The van der Waals surface area contributed by atoms with E-state index in [0.717, 1.165) is 5.56 Å². The number of carbonyl (C=O) groups excluding carboxylic acids is 1. The van der Waals surface area contributed by atoms with Gasteiger partial charge in [0.2, 0.25) is 0 Å². The molecule has 4 nitrogen and oxygen atoms in total. The lowest BCUT2D eigenvalue weighted by molar-refractivity contribution is -0.145.